The lowest BCUT2D eigenvalue weighted by Gasteiger charge is -2.13. The molecule has 2 aromatic heterocycles. The normalized spacial score (nSPS) is 14.2. The van der Waals surface area contributed by atoms with Crippen molar-refractivity contribution in [2.24, 2.45) is 0 Å². The molecule has 0 atom stereocenters. The van der Waals surface area contributed by atoms with E-state index in [1.54, 1.807) is 36.2 Å². The second-order valence-electron chi connectivity index (χ2n) is 6.40. The van der Waals surface area contributed by atoms with Gasteiger partial charge < -0.3 is 4.74 Å². The summed E-state index contributed by atoms with van der Waals surface area (Å²) >= 11 is 1.78. The summed E-state index contributed by atoms with van der Waals surface area (Å²) in [6.45, 7) is 0.266. The van der Waals surface area contributed by atoms with Crippen LogP contribution >= 0.6 is 11.8 Å². The first-order valence-electron chi connectivity index (χ1n) is 8.98. The van der Waals surface area contributed by atoms with Gasteiger partial charge in [-0.1, -0.05) is 30.7 Å². The summed E-state index contributed by atoms with van der Waals surface area (Å²) in [5.74, 6) is 1.35. The summed E-state index contributed by atoms with van der Waals surface area (Å²) in [6, 6.07) is 13.1. The van der Waals surface area contributed by atoms with Gasteiger partial charge in [0.1, 0.15) is 12.4 Å². The Morgan fingerprint density at radius 3 is 2.85 bits per heavy atom. The average Bonchev–Trinajstić information content (AvgIpc) is 3.37. The van der Waals surface area contributed by atoms with Crippen LogP contribution in [0.4, 0.5) is 0 Å². The predicted octanol–water partition coefficient (Wildman–Crippen LogP) is 4.15. The van der Waals surface area contributed by atoms with Crippen molar-refractivity contribution in [2.45, 2.75) is 42.7 Å². The van der Waals surface area contributed by atoms with E-state index < -0.39 is 0 Å². The lowest BCUT2D eigenvalue weighted by Crippen LogP contribution is -2.08. The number of thioether (sulfide) groups is 1. The van der Waals surface area contributed by atoms with Crippen LogP contribution in [0.15, 0.2) is 53.9 Å². The third kappa shape index (κ3) is 4.12. The summed E-state index contributed by atoms with van der Waals surface area (Å²) in [7, 11) is 0. The fraction of sp³-hybridized carbons (Fsp3) is 0.300. The largest absolute Gasteiger partial charge is 0.486 e. The molecule has 1 fully saturated rings. The first-order chi connectivity index (χ1) is 13.3. The number of hydrogen-bond acceptors (Lipinski definition) is 6. The predicted molar refractivity (Wildman–Crippen MR) is 103 cm³/mol. The summed E-state index contributed by atoms with van der Waals surface area (Å²) in [5.41, 5.74) is 1.49. The van der Waals surface area contributed by atoms with E-state index in [1.165, 1.54) is 25.7 Å². The molecule has 27 heavy (non-hydrogen) atoms. The molecule has 7 heteroatoms. The topological polar surface area (TPSA) is 76.6 Å². The van der Waals surface area contributed by atoms with E-state index in [2.05, 4.69) is 21.3 Å². The van der Waals surface area contributed by atoms with E-state index in [9.17, 15) is 0 Å². The number of rotatable bonds is 6. The van der Waals surface area contributed by atoms with Crippen LogP contribution in [-0.2, 0) is 6.61 Å². The van der Waals surface area contributed by atoms with E-state index in [0.717, 1.165) is 10.8 Å². The number of hydrogen-bond donors (Lipinski definition) is 0. The number of pyridine rings is 1. The van der Waals surface area contributed by atoms with Crippen molar-refractivity contribution in [1.82, 2.24) is 19.7 Å². The van der Waals surface area contributed by atoms with Crippen molar-refractivity contribution in [2.75, 3.05) is 0 Å². The number of aromatic nitrogens is 4. The second-order valence-corrected chi connectivity index (χ2v) is 7.67. The first kappa shape index (κ1) is 17.6. The van der Waals surface area contributed by atoms with Crippen LogP contribution in [0.5, 0.6) is 5.75 Å². The van der Waals surface area contributed by atoms with E-state index in [4.69, 9.17) is 10.00 Å². The maximum Gasteiger partial charge on any atom is 0.196 e. The molecule has 1 saturated carbocycles. The summed E-state index contributed by atoms with van der Waals surface area (Å²) in [6.07, 6.45) is 8.56. The SMILES string of the molecule is N#Cc1cccc(OCc2nnc(SC3CCCC3)n2-c2cccnc2)c1. The quantitative estimate of drug-likeness (QED) is 0.642. The smallest absolute Gasteiger partial charge is 0.196 e. The average molecular weight is 377 g/mol. The van der Waals surface area contributed by atoms with Crippen molar-refractivity contribution < 1.29 is 4.74 Å². The highest BCUT2D eigenvalue weighted by Gasteiger charge is 2.22. The van der Waals surface area contributed by atoms with Crippen molar-refractivity contribution in [3.63, 3.8) is 0 Å². The Kier molecular flexibility index (Phi) is 5.35. The van der Waals surface area contributed by atoms with Gasteiger partial charge >= 0.3 is 0 Å². The number of nitriles is 1. The molecule has 136 valence electrons. The fourth-order valence-corrected chi connectivity index (χ4v) is 4.45. The van der Waals surface area contributed by atoms with Crippen LogP contribution in [0.2, 0.25) is 0 Å². The minimum Gasteiger partial charge on any atom is -0.486 e. The molecule has 0 spiro atoms. The summed E-state index contributed by atoms with van der Waals surface area (Å²) in [4.78, 5) is 4.23. The van der Waals surface area contributed by atoms with E-state index in [0.29, 0.717) is 22.4 Å². The molecule has 6 nitrogen and oxygen atoms in total. The van der Waals surface area contributed by atoms with Gasteiger partial charge in [-0.2, -0.15) is 5.26 Å². The molecule has 3 aromatic rings. The van der Waals surface area contributed by atoms with Crippen LogP contribution in [0, 0.1) is 11.3 Å². The molecule has 0 amide bonds. The fourth-order valence-electron chi connectivity index (χ4n) is 3.17. The van der Waals surface area contributed by atoms with Gasteiger partial charge in [-0.15, -0.1) is 10.2 Å². The van der Waals surface area contributed by atoms with Gasteiger partial charge in [-0.25, -0.2) is 0 Å². The molecule has 0 N–H and O–H groups in total. The molecular formula is C20H19N5OS. The van der Waals surface area contributed by atoms with Crippen molar-refractivity contribution in [3.8, 4) is 17.5 Å². The Balaban J connectivity index is 1.59. The molecule has 2 heterocycles. The minimum absolute atomic E-state index is 0.266. The molecule has 1 aliphatic rings. The van der Waals surface area contributed by atoms with E-state index >= 15 is 0 Å². The zero-order chi connectivity index (χ0) is 18.5. The number of ether oxygens (including phenoxy) is 1. The van der Waals surface area contributed by atoms with Crippen LogP contribution in [0.25, 0.3) is 5.69 Å². The maximum absolute atomic E-state index is 9.04. The summed E-state index contributed by atoms with van der Waals surface area (Å²) < 4.78 is 7.89. The zero-order valence-electron chi connectivity index (χ0n) is 14.8. The zero-order valence-corrected chi connectivity index (χ0v) is 15.6. The van der Waals surface area contributed by atoms with Gasteiger partial charge in [-0.3, -0.25) is 9.55 Å². The Hall–Kier alpha value is -2.85. The van der Waals surface area contributed by atoms with Gasteiger partial charge in [0.15, 0.2) is 11.0 Å². The van der Waals surface area contributed by atoms with Gasteiger partial charge in [0.2, 0.25) is 0 Å². The highest BCUT2D eigenvalue weighted by molar-refractivity contribution is 7.99. The summed E-state index contributed by atoms with van der Waals surface area (Å²) in [5, 5.41) is 19.3. The van der Waals surface area contributed by atoms with E-state index in [1.807, 2.05) is 29.0 Å². The molecule has 0 aliphatic heterocycles. The molecule has 0 radical (unpaired) electrons. The standard InChI is InChI=1S/C20H19N5OS/c21-12-15-5-3-7-17(11-15)26-14-19-23-24-20(27-18-8-1-2-9-18)25(19)16-6-4-10-22-13-16/h3-7,10-11,13,18H,1-2,8-9,14H2. The van der Waals surface area contributed by atoms with Crippen LogP contribution in [-0.4, -0.2) is 25.0 Å². The Bertz CT molecular complexity index is 945. The number of nitrogens with zero attached hydrogens (tertiary/aromatic N) is 5. The Morgan fingerprint density at radius 2 is 2.07 bits per heavy atom. The lowest BCUT2D eigenvalue weighted by molar-refractivity contribution is 0.292. The Labute approximate surface area is 162 Å². The number of benzene rings is 1. The van der Waals surface area contributed by atoms with Gasteiger partial charge in [-0.05, 0) is 43.2 Å². The first-order valence-corrected chi connectivity index (χ1v) is 9.86. The van der Waals surface area contributed by atoms with Crippen molar-refractivity contribution in [3.05, 3.63) is 60.2 Å². The van der Waals surface area contributed by atoms with Gasteiger partial charge in [0.25, 0.3) is 0 Å². The van der Waals surface area contributed by atoms with Gasteiger partial charge in [0.05, 0.1) is 23.5 Å². The van der Waals surface area contributed by atoms with Crippen LogP contribution < -0.4 is 4.74 Å². The Morgan fingerprint density at radius 1 is 1.19 bits per heavy atom. The second kappa shape index (κ2) is 8.23. The minimum atomic E-state index is 0.266. The van der Waals surface area contributed by atoms with Crippen LogP contribution in [0.3, 0.4) is 0 Å². The monoisotopic (exact) mass is 377 g/mol. The van der Waals surface area contributed by atoms with Crippen molar-refractivity contribution in [1.29, 1.82) is 5.26 Å². The molecule has 1 aromatic carbocycles. The molecule has 0 saturated heterocycles. The molecule has 0 bridgehead atoms. The third-order valence-electron chi connectivity index (χ3n) is 4.51. The molecular weight excluding hydrogens is 358 g/mol. The molecule has 0 unspecified atom stereocenters. The molecule has 1 aliphatic carbocycles. The lowest BCUT2D eigenvalue weighted by atomic mass is 10.2. The molecule has 4 rings (SSSR count). The third-order valence-corrected chi connectivity index (χ3v) is 5.79. The van der Waals surface area contributed by atoms with E-state index in [-0.39, 0.29) is 6.61 Å². The highest BCUT2D eigenvalue weighted by atomic mass is 32.2. The van der Waals surface area contributed by atoms with Gasteiger partial charge in [0, 0.05) is 11.4 Å². The maximum atomic E-state index is 9.04. The van der Waals surface area contributed by atoms with Crippen molar-refractivity contribution >= 4 is 11.8 Å². The van der Waals surface area contributed by atoms with Crippen LogP contribution in [0.1, 0.15) is 37.1 Å². The highest BCUT2D eigenvalue weighted by Crippen LogP contribution is 2.35.